The van der Waals surface area contributed by atoms with Crippen LogP contribution < -0.4 is 5.76 Å². The van der Waals surface area contributed by atoms with Crippen LogP contribution in [0.4, 0.5) is 0 Å². The van der Waals surface area contributed by atoms with Gasteiger partial charge in [-0.2, -0.15) is 5.10 Å². The monoisotopic (exact) mass is 257 g/mol. The third kappa shape index (κ3) is 1.61. The molecule has 19 heavy (non-hydrogen) atoms. The molecule has 0 saturated heterocycles. The maximum Gasteiger partial charge on any atom is 0.419 e. The predicted molar refractivity (Wildman–Crippen MR) is 68.7 cm³/mol. The molecule has 0 bridgehead atoms. The Kier molecular flexibility index (Phi) is 2.38. The van der Waals surface area contributed by atoms with Crippen molar-refractivity contribution in [2.75, 3.05) is 0 Å². The molecule has 6 nitrogen and oxygen atoms in total. The molecule has 0 aliphatic heterocycles. The van der Waals surface area contributed by atoms with E-state index in [9.17, 15) is 9.59 Å². The van der Waals surface area contributed by atoms with Crippen LogP contribution in [0.25, 0.3) is 16.8 Å². The van der Waals surface area contributed by atoms with Crippen LogP contribution in [0, 0.1) is 6.92 Å². The Balaban J connectivity index is 2.30. The second-order valence-electron chi connectivity index (χ2n) is 4.32. The van der Waals surface area contributed by atoms with Gasteiger partial charge in [-0.1, -0.05) is 0 Å². The van der Waals surface area contributed by atoms with Gasteiger partial charge in [-0.3, -0.25) is 9.36 Å². The largest absolute Gasteiger partial charge is 0.419 e. The van der Waals surface area contributed by atoms with E-state index in [0.717, 1.165) is 23.1 Å². The average molecular weight is 257 g/mol. The van der Waals surface area contributed by atoms with Crippen molar-refractivity contribution < 1.29 is 9.21 Å². The van der Waals surface area contributed by atoms with Gasteiger partial charge in [-0.15, -0.1) is 0 Å². The van der Waals surface area contributed by atoms with Crippen molar-refractivity contribution in [3.05, 3.63) is 46.2 Å². The summed E-state index contributed by atoms with van der Waals surface area (Å²) in [6.07, 6.45) is 3.87. The summed E-state index contributed by atoms with van der Waals surface area (Å²) in [4.78, 5) is 22.2. The van der Waals surface area contributed by atoms with E-state index in [4.69, 9.17) is 4.42 Å². The fourth-order valence-electron chi connectivity index (χ4n) is 2.20. The van der Waals surface area contributed by atoms with Crippen LogP contribution in [0.2, 0.25) is 0 Å². The highest BCUT2D eigenvalue weighted by molar-refractivity contribution is 5.80. The standard InChI is InChI=1S/C13H11N3O3/c1-8-10(16-6-9(7-17)5-14-16)3-4-11-12(8)15(2)13(18)19-11/h3-7H,1-2H3. The zero-order chi connectivity index (χ0) is 13.6. The molecule has 0 atom stereocenters. The molecule has 0 aliphatic rings. The number of hydrogen-bond donors (Lipinski definition) is 0. The number of carbonyl (C=O) groups excluding carboxylic acids is 1. The smallest absolute Gasteiger partial charge is 0.408 e. The number of fused-ring (bicyclic) bond motifs is 1. The fourth-order valence-corrected chi connectivity index (χ4v) is 2.20. The summed E-state index contributed by atoms with van der Waals surface area (Å²) in [6, 6.07) is 3.53. The van der Waals surface area contributed by atoms with Crippen molar-refractivity contribution >= 4 is 17.4 Å². The number of aromatic nitrogens is 3. The van der Waals surface area contributed by atoms with E-state index in [0.29, 0.717) is 11.1 Å². The van der Waals surface area contributed by atoms with Gasteiger partial charge in [0.2, 0.25) is 0 Å². The lowest BCUT2D eigenvalue weighted by Crippen LogP contribution is -2.09. The maximum atomic E-state index is 11.5. The summed E-state index contributed by atoms with van der Waals surface area (Å²) in [6.45, 7) is 1.88. The maximum absolute atomic E-state index is 11.5. The molecular weight excluding hydrogens is 246 g/mol. The highest BCUT2D eigenvalue weighted by Crippen LogP contribution is 2.23. The van der Waals surface area contributed by atoms with Crippen LogP contribution in [0.1, 0.15) is 15.9 Å². The number of carbonyl (C=O) groups is 1. The Morgan fingerprint density at radius 1 is 1.37 bits per heavy atom. The molecule has 0 spiro atoms. The van der Waals surface area contributed by atoms with E-state index in [-0.39, 0.29) is 0 Å². The minimum atomic E-state index is -0.399. The summed E-state index contributed by atoms with van der Waals surface area (Å²) in [5.74, 6) is -0.399. The summed E-state index contributed by atoms with van der Waals surface area (Å²) in [5, 5.41) is 4.13. The first kappa shape index (κ1) is 11.5. The highest BCUT2D eigenvalue weighted by Gasteiger charge is 2.13. The van der Waals surface area contributed by atoms with Crippen molar-refractivity contribution in [3.8, 4) is 5.69 Å². The molecule has 2 aromatic heterocycles. The van der Waals surface area contributed by atoms with Gasteiger partial charge in [0.25, 0.3) is 0 Å². The number of hydrogen-bond acceptors (Lipinski definition) is 4. The van der Waals surface area contributed by atoms with Crippen LogP contribution in [0.15, 0.2) is 33.7 Å². The summed E-state index contributed by atoms with van der Waals surface area (Å²) >= 11 is 0. The van der Waals surface area contributed by atoms with Gasteiger partial charge in [-0.05, 0) is 19.1 Å². The van der Waals surface area contributed by atoms with E-state index >= 15 is 0 Å². The van der Waals surface area contributed by atoms with Crippen molar-refractivity contribution in [1.82, 2.24) is 14.3 Å². The van der Waals surface area contributed by atoms with Crippen molar-refractivity contribution in [3.63, 3.8) is 0 Å². The lowest BCUT2D eigenvalue weighted by molar-refractivity contribution is 0.112. The first-order chi connectivity index (χ1) is 9.11. The van der Waals surface area contributed by atoms with Gasteiger partial charge in [0.1, 0.15) is 0 Å². The van der Waals surface area contributed by atoms with Gasteiger partial charge in [0.15, 0.2) is 11.9 Å². The second kappa shape index (κ2) is 3.94. The fraction of sp³-hybridized carbons (Fsp3) is 0.154. The molecular formula is C13H11N3O3. The molecule has 0 radical (unpaired) electrons. The quantitative estimate of drug-likeness (QED) is 0.651. The molecule has 0 amide bonds. The van der Waals surface area contributed by atoms with Crippen molar-refractivity contribution in [2.24, 2.45) is 7.05 Å². The minimum Gasteiger partial charge on any atom is -0.408 e. The molecule has 0 saturated carbocycles. The third-order valence-corrected chi connectivity index (χ3v) is 3.16. The third-order valence-electron chi connectivity index (χ3n) is 3.16. The van der Waals surface area contributed by atoms with Crippen LogP contribution in [-0.2, 0) is 7.05 Å². The van der Waals surface area contributed by atoms with E-state index in [1.54, 1.807) is 24.0 Å². The molecule has 2 heterocycles. The number of rotatable bonds is 2. The summed E-state index contributed by atoms with van der Waals surface area (Å²) in [7, 11) is 1.66. The van der Waals surface area contributed by atoms with Gasteiger partial charge < -0.3 is 4.42 Å². The Bertz CT molecular complexity index is 839. The Morgan fingerprint density at radius 3 is 2.84 bits per heavy atom. The van der Waals surface area contributed by atoms with Crippen LogP contribution in [0.5, 0.6) is 0 Å². The van der Waals surface area contributed by atoms with E-state index in [2.05, 4.69) is 5.10 Å². The normalized spacial score (nSPS) is 11.1. The number of nitrogens with zero attached hydrogens (tertiary/aromatic N) is 3. The van der Waals surface area contributed by atoms with Gasteiger partial charge in [0.05, 0.1) is 23.0 Å². The Hall–Kier alpha value is -2.63. The van der Waals surface area contributed by atoms with Crippen molar-refractivity contribution in [1.29, 1.82) is 0 Å². The Morgan fingerprint density at radius 2 is 2.16 bits per heavy atom. The summed E-state index contributed by atoms with van der Waals surface area (Å²) < 4.78 is 8.18. The lowest BCUT2D eigenvalue weighted by atomic mass is 10.1. The Labute approximate surface area is 107 Å². The van der Waals surface area contributed by atoms with Crippen molar-refractivity contribution in [2.45, 2.75) is 6.92 Å². The van der Waals surface area contributed by atoms with Gasteiger partial charge in [-0.25, -0.2) is 9.48 Å². The predicted octanol–water partition coefficient (Wildman–Crippen LogP) is 1.44. The lowest BCUT2D eigenvalue weighted by Gasteiger charge is -2.06. The molecule has 1 aromatic carbocycles. The molecule has 3 aromatic rings. The number of benzene rings is 1. The van der Waals surface area contributed by atoms with E-state index < -0.39 is 5.76 Å². The average Bonchev–Trinajstić information content (AvgIpc) is 2.96. The topological polar surface area (TPSA) is 70.0 Å². The summed E-state index contributed by atoms with van der Waals surface area (Å²) in [5.41, 5.74) is 3.44. The zero-order valence-corrected chi connectivity index (χ0v) is 10.5. The SMILES string of the molecule is Cc1c(-n2cc(C=O)cn2)ccc2oc(=O)n(C)c12. The molecule has 0 fully saturated rings. The molecule has 6 heteroatoms. The minimum absolute atomic E-state index is 0.399. The number of oxazole rings is 1. The second-order valence-corrected chi connectivity index (χ2v) is 4.32. The highest BCUT2D eigenvalue weighted by atomic mass is 16.4. The molecule has 96 valence electrons. The van der Waals surface area contributed by atoms with E-state index in [1.165, 1.54) is 10.8 Å². The van der Waals surface area contributed by atoms with Gasteiger partial charge >= 0.3 is 5.76 Å². The molecule has 0 unspecified atom stereocenters. The van der Waals surface area contributed by atoms with E-state index in [1.807, 2.05) is 13.0 Å². The zero-order valence-electron chi connectivity index (χ0n) is 10.5. The van der Waals surface area contributed by atoms with Crippen LogP contribution in [-0.4, -0.2) is 20.6 Å². The first-order valence-electron chi connectivity index (χ1n) is 5.71. The van der Waals surface area contributed by atoms with Crippen LogP contribution in [0.3, 0.4) is 0 Å². The number of aryl methyl sites for hydroxylation is 2. The molecule has 3 rings (SSSR count). The number of aldehydes is 1. The first-order valence-corrected chi connectivity index (χ1v) is 5.71. The molecule has 0 N–H and O–H groups in total. The van der Waals surface area contributed by atoms with Crippen LogP contribution >= 0.6 is 0 Å². The van der Waals surface area contributed by atoms with Gasteiger partial charge in [0, 0.05) is 18.8 Å². The molecule has 0 aliphatic carbocycles.